The SMILES string of the molecule is COc1cc[c]c(-c2ccccc2)c1. The Morgan fingerprint density at radius 1 is 1.07 bits per heavy atom. The fraction of sp³-hybridized carbons (Fsp3) is 0.0769. The van der Waals surface area contributed by atoms with Gasteiger partial charge in [0, 0.05) is 0 Å². The van der Waals surface area contributed by atoms with Crippen molar-refractivity contribution in [2.24, 2.45) is 0 Å². The van der Waals surface area contributed by atoms with Crippen molar-refractivity contribution >= 4 is 0 Å². The second kappa shape index (κ2) is 3.97. The van der Waals surface area contributed by atoms with Crippen LogP contribution in [0.15, 0.2) is 48.5 Å². The molecule has 1 nitrogen and oxygen atoms in total. The molecule has 2 rings (SSSR count). The molecular weight excluding hydrogens is 172 g/mol. The van der Waals surface area contributed by atoms with E-state index in [1.54, 1.807) is 7.11 Å². The number of hydrogen-bond donors (Lipinski definition) is 0. The summed E-state index contributed by atoms with van der Waals surface area (Å²) >= 11 is 0. The molecule has 0 aliphatic carbocycles. The van der Waals surface area contributed by atoms with E-state index < -0.39 is 0 Å². The molecule has 0 N–H and O–H groups in total. The lowest BCUT2D eigenvalue weighted by Gasteiger charge is -2.03. The molecule has 2 aromatic rings. The minimum atomic E-state index is 0.864. The molecule has 0 atom stereocenters. The van der Waals surface area contributed by atoms with Crippen molar-refractivity contribution in [3.05, 3.63) is 54.6 Å². The molecule has 0 heterocycles. The highest BCUT2D eigenvalue weighted by atomic mass is 16.5. The molecule has 14 heavy (non-hydrogen) atoms. The van der Waals surface area contributed by atoms with Crippen LogP contribution in [0.4, 0.5) is 0 Å². The molecule has 0 bridgehead atoms. The van der Waals surface area contributed by atoms with E-state index in [-0.39, 0.29) is 0 Å². The summed E-state index contributed by atoms with van der Waals surface area (Å²) in [6.45, 7) is 0. The topological polar surface area (TPSA) is 9.23 Å². The summed E-state index contributed by atoms with van der Waals surface area (Å²) in [6.07, 6.45) is 0. The van der Waals surface area contributed by atoms with Crippen LogP contribution in [0.5, 0.6) is 5.75 Å². The Kier molecular flexibility index (Phi) is 2.50. The van der Waals surface area contributed by atoms with Crippen molar-refractivity contribution in [1.29, 1.82) is 0 Å². The molecule has 0 aromatic heterocycles. The van der Waals surface area contributed by atoms with E-state index in [4.69, 9.17) is 4.74 Å². The average molecular weight is 183 g/mol. The molecule has 1 heteroatoms. The first-order valence-corrected chi connectivity index (χ1v) is 4.51. The molecule has 0 saturated carbocycles. The molecular formula is C13H11O. The summed E-state index contributed by atoms with van der Waals surface area (Å²) in [6, 6.07) is 19.1. The standard InChI is InChI=1S/C13H11O/c1-14-13-9-5-8-12(10-13)11-6-3-2-4-7-11/h2-7,9-10H,1H3. The Balaban J connectivity index is 2.42. The number of rotatable bonds is 2. The molecule has 0 unspecified atom stereocenters. The van der Waals surface area contributed by atoms with E-state index in [1.807, 2.05) is 36.4 Å². The molecule has 0 saturated heterocycles. The van der Waals surface area contributed by atoms with Crippen LogP contribution in [-0.4, -0.2) is 7.11 Å². The van der Waals surface area contributed by atoms with Gasteiger partial charge in [-0.3, -0.25) is 0 Å². The maximum absolute atomic E-state index is 5.16. The fourth-order valence-corrected chi connectivity index (χ4v) is 1.36. The lowest BCUT2D eigenvalue weighted by atomic mass is 10.1. The maximum atomic E-state index is 5.16. The lowest BCUT2D eigenvalue weighted by molar-refractivity contribution is 0.415. The average Bonchev–Trinajstić information content (AvgIpc) is 2.30. The Morgan fingerprint density at radius 2 is 1.86 bits per heavy atom. The first-order chi connectivity index (χ1) is 6.90. The van der Waals surface area contributed by atoms with E-state index in [9.17, 15) is 0 Å². The predicted octanol–water partition coefficient (Wildman–Crippen LogP) is 3.16. The highest BCUT2D eigenvalue weighted by Gasteiger charge is 1.97. The molecule has 0 amide bonds. The minimum Gasteiger partial charge on any atom is -0.497 e. The number of benzene rings is 2. The normalized spacial score (nSPS) is 9.79. The second-order valence-corrected chi connectivity index (χ2v) is 3.01. The van der Waals surface area contributed by atoms with Crippen molar-refractivity contribution in [2.45, 2.75) is 0 Å². The largest absolute Gasteiger partial charge is 0.497 e. The van der Waals surface area contributed by atoms with E-state index in [1.165, 1.54) is 0 Å². The molecule has 0 fully saturated rings. The molecule has 0 aliphatic rings. The van der Waals surface area contributed by atoms with Crippen LogP contribution in [0, 0.1) is 6.07 Å². The van der Waals surface area contributed by atoms with E-state index >= 15 is 0 Å². The van der Waals surface area contributed by atoms with Gasteiger partial charge in [-0.05, 0) is 29.3 Å². The molecule has 69 valence electrons. The minimum absolute atomic E-state index is 0.864. The van der Waals surface area contributed by atoms with E-state index in [0.29, 0.717) is 0 Å². The Labute approximate surface area is 84.0 Å². The van der Waals surface area contributed by atoms with Crippen LogP contribution in [0.1, 0.15) is 0 Å². The van der Waals surface area contributed by atoms with Gasteiger partial charge in [0.05, 0.1) is 7.11 Å². The van der Waals surface area contributed by atoms with Crippen LogP contribution < -0.4 is 4.74 Å². The fourth-order valence-electron chi connectivity index (χ4n) is 1.36. The summed E-state index contributed by atoms with van der Waals surface area (Å²) in [5.41, 5.74) is 2.22. The van der Waals surface area contributed by atoms with E-state index in [2.05, 4.69) is 18.2 Å². The van der Waals surface area contributed by atoms with Crippen molar-refractivity contribution in [3.8, 4) is 16.9 Å². The monoisotopic (exact) mass is 183 g/mol. The molecule has 2 aromatic carbocycles. The smallest absolute Gasteiger partial charge is 0.119 e. The van der Waals surface area contributed by atoms with Crippen molar-refractivity contribution < 1.29 is 4.74 Å². The van der Waals surface area contributed by atoms with Crippen LogP contribution >= 0.6 is 0 Å². The van der Waals surface area contributed by atoms with Gasteiger partial charge in [0.1, 0.15) is 5.75 Å². The summed E-state index contributed by atoms with van der Waals surface area (Å²) in [7, 11) is 1.67. The van der Waals surface area contributed by atoms with Gasteiger partial charge in [-0.25, -0.2) is 0 Å². The Morgan fingerprint density at radius 3 is 2.57 bits per heavy atom. The summed E-state index contributed by atoms with van der Waals surface area (Å²) in [5.74, 6) is 0.864. The molecule has 0 aliphatic heterocycles. The van der Waals surface area contributed by atoms with E-state index in [0.717, 1.165) is 16.9 Å². The van der Waals surface area contributed by atoms with Gasteiger partial charge in [0.15, 0.2) is 0 Å². The number of ether oxygens (including phenoxy) is 1. The Hall–Kier alpha value is -1.76. The van der Waals surface area contributed by atoms with Gasteiger partial charge in [-0.2, -0.15) is 0 Å². The number of hydrogen-bond acceptors (Lipinski definition) is 1. The zero-order chi connectivity index (χ0) is 9.80. The van der Waals surface area contributed by atoms with Crippen molar-refractivity contribution in [3.63, 3.8) is 0 Å². The molecule has 0 spiro atoms. The zero-order valence-electron chi connectivity index (χ0n) is 8.03. The second-order valence-electron chi connectivity index (χ2n) is 3.01. The summed E-state index contributed by atoms with van der Waals surface area (Å²) in [5, 5.41) is 0. The number of methoxy groups -OCH3 is 1. The third-order valence-corrected chi connectivity index (χ3v) is 2.09. The highest BCUT2D eigenvalue weighted by Crippen LogP contribution is 2.22. The quantitative estimate of drug-likeness (QED) is 0.694. The first kappa shape index (κ1) is 8.82. The maximum Gasteiger partial charge on any atom is 0.119 e. The van der Waals surface area contributed by atoms with Gasteiger partial charge >= 0.3 is 0 Å². The third-order valence-electron chi connectivity index (χ3n) is 2.09. The van der Waals surface area contributed by atoms with Gasteiger partial charge in [-0.15, -0.1) is 0 Å². The van der Waals surface area contributed by atoms with Crippen LogP contribution in [0.2, 0.25) is 0 Å². The zero-order valence-corrected chi connectivity index (χ0v) is 8.03. The Bertz CT molecular complexity index is 407. The van der Waals surface area contributed by atoms with Gasteiger partial charge < -0.3 is 4.74 Å². The van der Waals surface area contributed by atoms with Crippen LogP contribution in [0.3, 0.4) is 0 Å². The third kappa shape index (κ3) is 1.77. The highest BCUT2D eigenvalue weighted by molar-refractivity contribution is 5.64. The summed E-state index contributed by atoms with van der Waals surface area (Å²) in [4.78, 5) is 0. The van der Waals surface area contributed by atoms with Crippen molar-refractivity contribution in [2.75, 3.05) is 7.11 Å². The van der Waals surface area contributed by atoms with Crippen LogP contribution in [-0.2, 0) is 0 Å². The first-order valence-electron chi connectivity index (χ1n) is 4.51. The summed E-state index contributed by atoms with van der Waals surface area (Å²) < 4.78 is 5.16. The van der Waals surface area contributed by atoms with Crippen molar-refractivity contribution in [1.82, 2.24) is 0 Å². The van der Waals surface area contributed by atoms with Gasteiger partial charge in [-0.1, -0.05) is 36.4 Å². The lowest BCUT2D eigenvalue weighted by Crippen LogP contribution is -1.83. The predicted molar refractivity (Wildman–Crippen MR) is 57.3 cm³/mol. The molecule has 1 radical (unpaired) electrons. The van der Waals surface area contributed by atoms with Gasteiger partial charge in [0.25, 0.3) is 0 Å². The van der Waals surface area contributed by atoms with Crippen LogP contribution in [0.25, 0.3) is 11.1 Å². The van der Waals surface area contributed by atoms with Gasteiger partial charge in [0.2, 0.25) is 0 Å².